The molecule has 0 spiro atoms. The number of sulfonamides is 1. The standard InChI is InChI=1S/C13H21BrN2O3S/c1-10(2)5-7-19-8-6-16-20(17,18)11-3-4-13(15)12(14)9-11/h3-4,9-10,16H,5-8,15H2,1-2H3. The minimum absolute atomic E-state index is 0.181. The molecule has 0 heterocycles. The quantitative estimate of drug-likeness (QED) is 0.547. The van der Waals surface area contributed by atoms with E-state index < -0.39 is 10.0 Å². The molecule has 1 aromatic carbocycles. The van der Waals surface area contributed by atoms with Gasteiger partial charge in [-0.25, -0.2) is 13.1 Å². The molecule has 0 aromatic heterocycles. The molecule has 5 nitrogen and oxygen atoms in total. The second kappa shape index (κ2) is 7.97. The van der Waals surface area contributed by atoms with Crippen LogP contribution in [0.15, 0.2) is 27.6 Å². The Hall–Kier alpha value is -0.630. The van der Waals surface area contributed by atoms with E-state index in [9.17, 15) is 8.42 Å². The van der Waals surface area contributed by atoms with Gasteiger partial charge in [0.1, 0.15) is 0 Å². The largest absolute Gasteiger partial charge is 0.398 e. The molecular formula is C13H21BrN2O3S. The summed E-state index contributed by atoms with van der Waals surface area (Å²) in [6.07, 6.45) is 0.970. The number of nitrogen functional groups attached to an aromatic ring is 1. The molecule has 1 aromatic rings. The molecule has 0 saturated heterocycles. The summed E-state index contributed by atoms with van der Waals surface area (Å²) in [5.41, 5.74) is 6.13. The molecule has 3 N–H and O–H groups in total. The number of nitrogens with two attached hydrogens (primary N) is 1. The third-order valence-electron chi connectivity index (χ3n) is 2.66. The summed E-state index contributed by atoms with van der Waals surface area (Å²) in [6, 6.07) is 4.51. The second-order valence-electron chi connectivity index (χ2n) is 4.88. The van der Waals surface area contributed by atoms with Crippen LogP contribution in [-0.4, -0.2) is 28.2 Å². The first-order valence-corrected chi connectivity index (χ1v) is 8.73. The van der Waals surface area contributed by atoms with Crippen LogP contribution in [0.25, 0.3) is 0 Å². The molecule has 0 aliphatic rings. The molecule has 0 saturated carbocycles. The van der Waals surface area contributed by atoms with Crippen LogP contribution in [0, 0.1) is 5.92 Å². The number of ether oxygens (including phenoxy) is 1. The molecule has 0 amide bonds. The van der Waals surface area contributed by atoms with Gasteiger partial charge < -0.3 is 10.5 Å². The normalized spacial score (nSPS) is 12.0. The van der Waals surface area contributed by atoms with Crippen molar-refractivity contribution in [2.45, 2.75) is 25.2 Å². The Labute approximate surface area is 129 Å². The fraction of sp³-hybridized carbons (Fsp3) is 0.538. The van der Waals surface area contributed by atoms with E-state index in [-0.39, 0.29) is 11.4 Å². The van der Waals surface area contributed by atoms with Gasteiger partial charge in [0.15, 0.2) is 0 Å². The van der Waals surface area contributed by atoms with Crippen molar-refractivity contribution in [2.75, 3.05) is 25.5 Å². The van der Waals surface area contributed by atoms with Gasteiger partial charge in [-0.2, -0.15) is 0 Å². The first kappa shape index (κ1) is 17.4. The highest BCUT2D eigenvalue weighted by atomic mass is 79.9. The van der Waals surface area contributed by atoms with Crippen LogP contribution >= 0.6 is 15.9 Å². The van der Waals surface area contributed by atoms with E-state index in [0.29, 0.717) is 29.3 Å². The summed E-state index contributed by atoms with van der Waals surface area (Å²) < 4.78 is 32.4. The molecule has 0 radical (unpaired) electrons. The molecule has 0 fully saturated rings. The monoisotopic (exact) mass is 364 g/mol. The summed E-state index contributed by atoms with van der Waals surface area (Å²) in [7, 11) is -3.52. The molecule has 0 unspecified atom stereocenters. The molecule has 0 aliphatic heterocycles. The molecule has 1 rings (SSSR count). The lowest BCUT2D eigenvalue weighted by Gasteiger charge is -2.09. The third kappa shape index (κ3) is 5.78. The number of halogens is 1. The summed E-state index contributed by atoms with van der Waals surface area (Å²) >= 11 is 3.21. The molecule has 20 heavy (non-hydrogen) atoms. The first-order valence-electron chi connectivity index (χ1n) is 6.45. The van der Waals surface area contributed by atoms with Crippen molar-refractivity contribution in [1.29, 1.82) is 0 Å². The number of hydrogen-bond acceptors (Lipinski definition) is 4. The lowest BCUT2D eigenvalue weighted by Crippen LogP contribution is -2.27. The Bertz CT molecular complexity index is 532. The minimum atomic E-state index is -3.52. The van der Waals surface area contributed by atoms with Crippen molar-refractivity contribution >= 4 is 31.6 Å². The van der Waals surface area contributed by atoms with Crippen LogP contribution in [0.4, 0.5) is 5.69 Å². The average Bonchev–Trinajstić information content (AvgIpc) is 2.36. The second-order valence-corrected chi connectivity index (χ2v) is 7.50. The zero-order valence-corrected chi connectivity index (χ0v) is 14.1. The molecule has 114 valence electrons. The van der Waals surface area contributed by atoms with E-state index in [1.54, 1.807) is 6.07 Å². The van der Waals surface area contributed by atoms with Gasteiger partial charge in [-0.3, -0.25) is 0 Å². The van der Waals surface area contributed by atoms with Crippen LogP contribution in [0.5, 0.6) is 0 Å². The third-order valence-corrected chi connectivity index (χ3v) is 4.81. The van der Waals surface area contributed by atoms with Crippen LogP contribution in [0.1, 0.15) is 20.3 Å². The van der Waals surface area contributed by atoms with Crippen molar-refractivity contribution in [3.63, 3.8) is 0 Å². The lowest BCUT2D eigenvalue weighted by atomic mass is 10.1. The van der Waals surface area contributed by atoms with Crippen LogP contribution in [0.2, 0.25) is 0 Å². The Morgan fingerprint density at radius 1 is 1.35 bits per heavy atom. The van der Waals surface area contributed by atoms with E-state index in [0.717, 1.165) is 6.42 Å². The van der Waals surface area contributed by atoms with Gasteiger partial charge in [0, 0.05) is 23.3 Å². The fourth-order valence-electron chi connectivity index (χ4n) is 1.43. The SMILES string of the molecule is CC(C)CCOCCNS(=O)(=O)c1ccc(N)c(Br)c1. The Morgan fingerprint density at radius 2 is 2.05 bits per heavy atom. The van der Waals surface area contributed by atoms with Crippen LogP contribution in [0.3, 0.4) is 0 Å². The predicted molar refractivity (Wildman–Crippen MR) is 84.0 cm³/mol. The summed E-state index contributed by atoms with van der Waals surface area (Å²) in [4.78, 5) is 0.181. The Morgan fingerprint density at radius 3 is 2.65 bits per heavy atom. The number of anilines is 1. The molecule has 0 atom stereocenters. The van der Waals surface area contributed by atoms with E-state index in [1.807, 2.05) is 0 Å². The maximum atomic E-state index is 12.0. The topological polar surface area (TPSA) is 81.4 Å². The van der Waals surface area contributed by atoms with E-state index in [4.69, 9.17) is 10.5 Å². The molecule has 0 aliphatic carbocycles. The molecule has 7 heteroatoms. The van der Waals surface area contributed by atoms with E-state index in [1.165, 1.54) is 12.1 Å². The summed E-state index contributed by atoms with van der Waals surface area (Å²) in [5, 5.41) is 0. The van der Waals surface area contributed by atoms with Crippen molar-refractivity contribution in [1.82, 2.24) is 4.72 Å². The average molecular weight is 365 g/mol. The van der Waals surface area contributed by atoms with Crippen LogP contribution in [-0.2, 0) is 14.8 Å². The van der Waals surface area contributed by atoms with Crippen molar-refractivity contribution in [3.8, 4) is 0 Å². The van der Waals surface area contributed by atoms with E-state index in [2.05, 4.69) is 34.5 Å². The number of benzene rings is 1. The predicted octanol–water partition coefficient (Wildman–Crippen LogP) is 2.37. The van der Waals surface area contributed by atoms with Gasteiger partial charge in [-0.15, -0.1) is 0 Å². The van der Waals surface area contributed by atoms with Crippen molar-refractivity contribution in [2.24, 2.45) is 5.92 Å². The van der Waals surface area contributed by atoms with Gasteiger partial charge in [0.2, 0.25) is 10.0 Å². The molecular weight excluding hydrogens is 344 g/mol. The van der Waals surface area contributed by atoms with Crippen molar-refractivity contribution < 1.29 is 13.2 Å². The highest BCUT2D eigenvalue weighted by Gasteiger charge is 2.14. The highest BCUT2D eigenvalue weighted by Crippen LogP contribution is 2.22. The van der Waals surface area contributed by atoms with Gasteiger partial charge in [-0.1, -0.05) is 13.8 Å². The Kier molecular flexibility index (Phi) is 6.94. The lowest BCUT2D eigenvalue weighted by molar-refractivity contribution is 0.128. The first-order chi connectivity index (χ1) is 9.33. The zero-order valence-electron chi connectivity index (χ0n) is 11.7. The summed E-state index contributed by atoms with van der Waals surface area (Å²) in [5.74, 6) is 0.582. The summed E-state index contributed by atoms with van der Waals surface area (Å²) in [6.45, 7) is 5.49. The maximum Gasteiger partial charge on any atom is 0.240 e. The van der Waals surface area contributed by atoms with Gasteiger partial charge in [-0.05, 0) is 46.5 Å². The minimum Gasteiger partial charge on any atom is -0.398 e. The van der Waals surface area contributed by atoms with Crippen LogP contribution < -0.4 is 10.5 Å². The fourth-order valence-corrected chi connectivity index (χ4v) is 3.00. The van der Waals surface area contributed by atoms with Crippen molar-refractivity contribution in [3.05, 3.63) is 22.7 Å². The zero-order chi connectivity index (χ0) is 15.2. The maximum absolute atomic E-state index is 12.0. The van der Waals surface area contributed by atoms with Gasteiger partial charge >= 0.3 is 0 Å². The highest BCUT2D eigenvalue weighted by molar-refractivity contribution is 9.10. The van der Waals surface area contributed by atoms with Gasteiger partial charge in [0.05, 0.1) is 11.5 Å². The van der Waals surface area contributed by atoms with E-state index >= 15 is 0 Å². The number of rotatable bonds is 8. The Balaban J connectivity index is 2.43. The number of nitrogens with one attached hydrogen (secondary N) is 1. The molecule has 0 bridgehead atoms. The number of hydrogen-bond donors (Lipinski definition) is 2. The smallest absolute Gasteiger partial charge is 0.240 e. The van der Waals surface area contributed by atoms with Gasteiger partial charge in [0.25, 0.3) is 0 Å².